The number of carbonyl (C=O) groups is 2. The molecule has 2 aromatic rings. The first-order chi connectivity index (χ1) is 9.92. The second-order valence-electron chi connectivity index (χ2n) is 3.99. The van der Waals surface area contributed by atoms with Crippen LogP contribution in [-0.2, 0) is 14.3 Å². The van der Waals surface area contributed by atoms with Crippen molar-refractivity contribution < 1.29 is 27.3 Å². The zero-order valence-corrected chi connectivity index (χ0v) is 11.4. The lowest BCUT2D eigenvalue weighted by atomic mass is 10.1. The standard InChI is InChI=1S/C14H10O6S/c15-13(16)11-8-4-5-9-12(11)14(17)20-21(18,19)10-6-2-1-3-7-10/h1-9H,(H,15,16). The van der Waals surface area contributed by atoms with Crippen LogP contribution in [0.1, 0.15) is 20.7 Å². The van der Waals surface area contributed by atoms with Crippen molar-refractivity contribution in [1.82, 2.24) is 0 Å². The van der Waals surface area contributed by atoms with Crippen molar-refractivity contribution in [3.63, 3.8) is 0 Å². The number of benzene rings is 2. The van der Waals surface area contributed by atoms with Gasteiger partial charge in [-0.3, -0.25) is 0 Å². The van der Waals surface area contributed by atoms with Gasteiger partial charge in [0.25, 0.3) is 0 Å². The van der Waals surface area contributed by atoms with E-state index in [1.54, 1.807) is 6.07 Å². The zero-order valence-electron chi connectivity index (χ0n) is 10.6. The summed E-state index contributed by atoms with van der Waals surface area (Å²) in [6, 6.07) is 12.3. The highest BCUT2D eigenvalue weighted by molar-refractivity contribution is 7.87. The molecule has 0 amide bonds. The summed E-state index contributed by atoms with van der Waals surface area (Å²) in [5.41, 5.74) is -0.657. The summed E-state index contributed by atoms with van der Waals surface area (Å²) in [6.45, 7) is 0. The molecule has 0 aliphatic heterocycles. The predicted molar refractivity (Wildman–Crippen MR) is 72.4 cm³/mol. The topological polar surface area (TPSA) is 97.7 Å². The smallest absolute Gasteiger partial charge is 0.354 e. The second kappa shape index (κ2) is 5.76. The third-order valence-corrected chi connectivity index (χ3v) is 3.81. The normalized spacial score (nSPS) is 10.9. The molecule has 0 aliphatic rings. The lowest BCUT2D eigenvalue weighted by Crippen LogP contribution is -2.16. The Hall–Kier alpha value is -2.67. The maximum absolute atomic E-state index is 11.9. The average Bonchev–Trinajstić information content (AvgIpc) is 2.47. The minimum Gasteiger partial charge on any atom is -0.478 e. The summed E-state index contributed by atoms with van der Waals surface area (Å²) in [6.07, 6.45) is 0. The number of aromatic carboxylic acids is 1. The Balaban J connectivity index is 2.33. The first-order valence-electron chi connectivity index (χ1n) is 5.78. The van der Waals surface area contributed by atoms with E-state index >= 15 is 0 Å². The van der Waals surface area contributed by atoms with Crippen LogP contribution in [-0.4, -0.2) is 25.5 Å². The van der Waals surface area contributed by atoms with Crippen molar-refractivity contribution in [3.8, 4) is 0 Å². The van der Waals surface area contributed by atoms with E-state index in [2.05, 4.69) is 4.18 Å². The molecule has 0 saturated heterocycles. The van der Waals surface area contributed by atoms with Crippen LogP contribution in [0.25, 0.3) is 0 Å². The molecule has 0 aromatic heterocycles. The van der Waals surface area contributed by atoms with E-state index in [0.29, 0.717) is 0 Å². The SMILES string of the molecule is O=C(O)c1ccccc1C(=O)OS(=O)(=O)c1ccccc1. The summed E-state index contributed by atoms with van der Waals surface area (Å²) in [5, 5.41) is 8.97. The Labute approximate surface area is 120 Å². The summed E-state index contributed by atoms with van der Waals surface area (Å²) >= 11 is 0. The van der Waals surface area contributed by atoms with Crippen LogP contribution in [0.5, 0.6) is 0 Å². The maximum atomic E-state index is 11.9. The van der Waals surface area contributed by atoms with E-state index in [9.17, 15) is 18.0 Å². The van der Waals surface area contributed by atoms with Gasteiger partial charge < -0.3 is 9.29 Å². The Morgan fingerprint density at radius 3 is 1.95 bits per heavy atom. The average molecular weight is 306 g/mol. The van der Waals surface area contributed by atoms with Crippen LogP contribution in [0.2, 0.25) is 0 Å². The van der Waals surface area contributed by atoms with Crippen molar-refractivity contribution in [2.75, 3.05) is 0 Å². The fourth-order valence-electron chi connectivity index (χ4n) is 1.63. The molecule has 0 aliphatic carbocycles. The van der Waals surface area contributed by atoms with E-state index in [4.69, 9.17) is 5.11 Å². The number of carboxylic acids is 1. The van der Waals surface area contributed by atoms with Gasteiger partial charge in [-0.2, -0.15) is 8.42 Å². The van der Waals surface area contributed by atoms with Crippen molar-refractivity contribution in [3.05, 3.63) is 65.7 Å². The Morgan fingerprint density at radius 2 is 1.38 bits per heavy atom. The zero-order chi connectivity index (χ0) is 15.5. The summed E-state index contributed by atoms with van der Waals surface area (Å²) in [7, 11) is -4.29. The fraction of sp³-hybridized carbons (Fsp3) is 0. The molecule has 0 heterocycles. The van der Waals surface area contributed by atoms with Crippen molar-refractivity contribution >= 4 is 22.1 Å². The minimum absolute atomic E-state index is 0.189. The molecule has 6 nitrogen and oxygen atoms in total. The van der Waals surface area contributed by atoms with E-state index in [-0.39, 0.29) is 16.0 Å². The second-order valence-corrected chi connectivity index (χ2v) is 5.54. The number of carboxylic acid groups (broad SMARTS) is 1. The van der Waals surface area contributed by atoms with Gasteiger partial charge in [-0.05, 0) is 24.3 Å². The van der Waals surface area contributed by atoms with Gasteiger partial charge in [0.1, 0.15) is 4.90 Å². The molecule has 108 valence electrons. The third-order valence-electron chi connectivity index (χ3n) is 2.59. The third kappa shape index (κ3) is 3.26. The molecule has 0 atom stereocenters. The molecule has 0 unspecified atom stereocenters. The van der Waals surface area contributed by atoms with Gasteiger partial charge in [0.05, 0.1) is 11.1 Å². The van der Waals surface area contributed by atoms with E-state index in [1.165, 1.54) is 48.5 Å². The number of carbonyl (C=O) groups excluding carboxylic acids is 1. The fourth-order valence-corrected chi connectivity index (χ4v) is 2.50. The monoisotopic (exact) mass is 306 g/mol. The first-order valence-corrected chi connectivity index (χ1v) is 7.19. The van der Waals surface area contributed by atoms with Crippen LogP contribution in [0.4, 0.5) is 0 Å². The van der Waals surface area contributed by atoms with Crippen LogP contribution in [0.3, 0.4) is 0 Å². The molecular formula is C14H10O6S. The predicted octanol–water partition coefficient (Wildman–Crippen LogP) is 1.93. The minimum atomic E-state index is -4.29. The van der Waals surface area contributed by atoms with Gasteiger partial charge in [0.2, 0.25) is 0 Å². The largest absolute Gasteiger partial charge is 0.478 e. The Morgan fingerprint density at radius 1 is 0.857 bits per heavy atom. The van der Waals surface area contributed by atoms with Gasteiger partial charge in [0.15, 0.2) is 0 Å². The molecular weight excluding hydrogens is 296 g/mol. The molecule has 2 rings (SSSR count). The molecule has 0 spiro atoms. The van der Waals surface area contributed by atoms with Gasteiger partial charge in [-0.15, -0.1) is 0 Å². The van der Waals surface area contributed by atoms with Crippen LogP contribution < -0.4 is 0 Å². The molecule has 0 radical (unpaired) electrons. The molecule has 0 saturated carbocycles. The van der Waals surface area contributed by atoms with Gasteiger partial charge in [-0.25, -0.2) is 9.59 Å². The van der Waals surface area contributed by atoms with E-state index < -0.39 is 22.1 Å². The van der Waals surface area contributed by atoms with E-state index in [1.807, 2.05) is 0 Å². The molecule has 2 aromatic carbocycles. The highest BCUT2D eigenvalue weighted by atomic mass is 32.2. The van der Waals surface area contributed by atoms with Crippen molar-refractivity contribution in [1.29, 1.82) is 0 Å². The summed E-state index contributed by atoms with van der Waals surface area (Å²) in [4.78, 5) is 22.7. The van der Waals surface area contributed by atoms with Crippen LogP contribution >= 0.6 is 0 Å². The molecule has 0 bridgehead atoms. The summed E-state index contributed by atoms with van der Waals surface area (Å²) < 4.78 is 28.3. The lowest BCUT2D eigenvalue weighted by molar-refractivity contribution is 0.0670. The Kier molecular flexibility index (Phi) is 4.04. The van der Waals surface area contributed by atoms with E-state index in [0.717, 1.165) is 0 Å². The lowest BCUT2D eigenvalue weighted by Gasteiger charge is -2.07. The van der Waals surface area contributed by atoms with Crippen molar-refractivity contribution in [2.24, 2.45) is 0 Å². The quantitative estimate of drug-likeness (QED) is 0.867. The van der Waals surface area contributed by atoms with Gasteiger partial charge in [-0.1, -0.05) is 30.3 Å². The number of hydrogen-bond donors (Lipinski definition) is 1. The van der Waals surface area contributed by atoms with Crippen LogP contribution in [0.15, 0.2) is 59.5 Å². The van der Waals surface area contributed by atoms with Crippen molar-refractivity contribution in [2.45, 2.75) is 4.90 Å². The van der Waals surface area contributed by atoms with Gasteiger partial charge >= 0.3 is 22.1 Å². The first kappa shape index (κ1) is 14.7. The molecule has 0 fully saturated rings. The Bertz CT molecular complexity index is 780. The maximum Gasteiger partial charge on any atom is 0.354 e. The summed E-state index contributed by atoms with van der Waals surface area (Å²) in [5.74, 6) is -2.59. The number of rotatable bonds is 4. The highest BCUT2D eigenvalue weighted by Gasteiger charge is 2.24. The highest BCUT2D eigenvalue weighted by Crippen LogP contribution is 2.16. The molecule has 7 heteroatoms. The molecule has 1 N–H and O–H groups in total. The van der Waals surface area contributed by atoms with Gasteiger partial charge in [0, 0.05) is 0 Å². The number of hydrogen-bond acceptors (Lipinski definition) is 5. The van der Waals surface area contributed by atoms with Crippen LogP contribution in [0, 0.1) is 0 Å². The molecule has 21 heavy (non-hydrogen) atoms.